The van der Waals surface area contributed by atoms with Crippen LogP contribution in [0.25, 0.3) is 0 Å². The third-order valence-electron chi connectivity index (χ3n) is 7.37. The Bertz CT molecular complexity index is 1590. The van der Waals surface area contributed by atoms with E-state index in [0.717, 1.165) is 21.6 Å². The molecule has 3 aliphatic heterocycles. The smallest absolute Gasteiger partial charge is 0.353 e. The van der Waals surface area contributed by atoms with Crippen molar-refractivity contribution in [3.05, 3.63) is 93.2 Å². The van der Waals surface area contributed by atoms with Crippen LogP contribution in [0, 0.1) is 0 Å². The molecule has 1 saturated heterocycles. The van der Waals surface area contributed by atoms with Gasteiger partial charge in [-0.3, -0.25) is 29.0 Å². The van der Waals surface area contributed by atoms with Crippen molar-refractivity contribution < 1.29 is 29.1 Å². The number of amides is 4. The van der Waals surface area contributed by atoms with E-state index in [0.29, 0.717) is 11.1 Å². The molecule has 5 rings (SSSR count). The van der Waals surface area contributed by atoms with Crippen LogP contribution < -0.4 is 22.1 Å². The van der Waals surface area contributed by atoms with E-state index in [1.54, 1.807) is 60.7 Å². The number of carbonyl (C=O) groups is 5. The largest absolute Gasteiger partial charge is 0.477 e. The Morgan fingerprint density at radius 3 is 1.98 bits per heavy atom. The van der Waals surface area contributed by atoms with Crippen LogP contribution in [0.2, 0.25) is 0 Å². The fraction of sp³-hybridized carbons (Fsp3) is 0.276. The van der Waals surface area contributed by atoms with Crippen LogP contribution in [0.15, 0.2) is 82.1 Å². The third-order valence-corrected chi connectivity index (χ3v) is 10.8. The molecule has 2 aromatic carbocycles. The SMILES string of the molecule is N[C@@H](C(=O)NCC1SCC(Cl)=C(C(=O)O)N1C(=O)C1=C(Cl)CS[C@@H]2[C@H](NC(=O)[C@H](N)c3ccccc3)C(=O)N12)c1ccccc1. The number of thioether (sulfide) groups is 2. The highest BCUT2D eigenvalue weighted by Crippen LogP contribution is 2.44. The monoisotopic (exact) mass is 690 g/mol. The van der Waals surface area contributed by atoms with Crippen LogP contribution in [0.1, 0.15) is 23.2 Å². The van der Waals surface area contributed by atoms with Crippen LogP contribution >= 0.6 is 46.7 Å². The number of benzene rings is 2. The lowest BCUT2D eigenvalue weighted by atomic mass is 10.0. The average molecular weight is 692 g/mol. The molecule has 2 aromatic rings. The number of carboxylic acid groups (broad SMARTS) is 1. The number of hydrogen-bond donors (Lipinski definition) is 5. The Kier molecular flexibility index (Phi) is 10.1. The number of nitrogens with two attached hydrogens (primary N) is 2. The summed E-state index contributed by atoms with van der Waals surface area (Å²) in [6, 6.07) is 14.3. The maximum atomic E-state index is 14.2. The fourth-order valence-electron chi connectivity index (χ4n) is 5.05. The number of carbonyl (C=O) groups excluding carboxylic acids is 4. The predicted molar refractivity (Wildman–Crippen MR) is 171 cm³/mol. The van der Waals surface area contributed by atoms with Gasteiger partial charge in [-0.05, 0) is 11.1 Å². The Balaban J connectivity index is 1.35. The van der Waals surface area contributed by atoms with Crippen molar-refractivity contribution in [2.75, 3.05) is 18.1 Å². The molecule has 3 heterocycles. The molecule has 16 heteroatoms. The van der Waals surface area contributed by atoms with E-state index in [2.05, 4.69) is 10.6 Å². The Labute approximate surface area is 276 Å². The van der Waals surface area contributed by atoms with E-state index < -0.39 is 64.2 Å². The highest BCUT2D eigenvalue weighted by Gasteiger charge is 2.55. The first-order valence-corrected chi connectivity index (χ1v) is 16.5. The van der Waals surface area contributed by atoms with Gasteiger partial charge in [0.25, 0.3) is 11.8 Å². The Morgan fingerprint density at radius 1 is 0.867 bits per heavy atom. The number of nitrogens with one attached hydrogen (secondary N) is 2. The summed E-state index contributed by atoms with van der Waals surface area (Å²) in [4.78, 5) is 67.7. The fourth-order valence-corrected chi connectivity index (χ4v) is 7.99. The van der Waals surface area contributed by atoms with Crippen LogP contribution in [0.5, 0.6) is 0 Å². The molecule has 3 aliphatic rings. The summed E-state index contributed by atoms with van der Waals surface area (Å²) in [5.74, 6) is -3.92. The second kappa shape index (κ2) is 13.8. The summed E-state index contributed by atoms with van der Waals surface area (Å²) in [5, 5.41) is 13.7. The predicted octanol–water partition coefficient (Wildman–Crippen LogP) is 1.79. The van der Waals surface area contributed by atoms with Gasteiger partial charge in [-0.25, -0.2) is 4.79 Å². The van der Waals surface area contributed by atoms with Crippen LogP contribution in [-0.2, 0) is 24.0 Å². The van der Waals surface area contributed by atoms with Gasteiger partial charge in [0.2, 0.25) is 11.8 Å². The first kappa shape index (κ1) is 32.9. The van der Waals surface area contributed by atoms with Gasteiger partial charge < -0.3 is 27.2 Å². The van der Waals surface area contributed by atoms with Gasteiger partial charge in [0.05, 0.1) is 10.1 Å². The van der Waals surface area contributed by atoms with Gasteiger partial charge >= 0.3 is 5.97 Å². The quantitative estimate of drug-likeness (QED) is 0.243. The molecular formula is C29H28Cl2N6O6S2. The minimum atomic E-state index is -1.47. The highest BCUT2D eigenvalue weighted by molar-refractivity contribution is 8.00. The van der Waals surface area contributed by atoms with E-state index in [1.165, 1.54) is 11.8 Å². The molecule has 0 saturated carbocycles. The summed E-state index contributed by atoms with van der Waals surface area (Å²) in [7, 11) is 0. The minimum absolute atomic E-state index is 0.0192. The minimum Gasteiger partial charge on any atom is -0.477 e. The van der Waals surface area contributed by atoms with Gasteiger partial charge in [-0.15, -0.1) is 23.5 Å². The summed E-state index contributed by atoms with van der Waals surface area (Å²) < 4.78 is 0. The van der Waals surface area contributed by atoms with Crippen molar-refractivity contribution in [1.29, 1.82) is 0 Å². The summed E-state index contributed by atoms with van der Waals surface area (Å²) >= 11 is 15.2. The topological polar surface area (TPSA) is 188 Å². The molecule has 0 aliphatic carbocycles. The van der Waals surface area contributed by atoms with Crippen LogP contribution in [0.4, 0.5) is 0 Å². The van der Waals surface area contributed by atoms with Gasteiger partial charge in [0.15, 0.2) is 0 Å². The van der Waals surface area contributed by atoms with E-state index in [1.807, 2.05) is 0 Å². The molecule has 4 amide bonds. The van der Waals surface area contributed by atoms with Gasteiger partial charge in [0, 0.05) is 18.1 Å². The van der Waals surface area contributed by atoms with Crippen molar-refractivity contribution in [2.24, 2.45) is 11.5 Å². The number of rotatable bonds is 9. The number of hydrogen-bond acceptors (Lipinski definition) is 9. The maximum Gasteiger partial charge on any atom is 0.353 e. The van der Waals surface area contributed by atoms with Crippen molar-refractivity contribution in [2.45, 2.75) is 28.9 Å². The molecule has 1 unspecified atom stereocenters. The van der Waals surface area contributed by atoms with E-state index in [-0.39, 0.29) is 33.8 Å². The van der Waals surface area contributed by atoms with E-state index in [9.17, 15) is 29.1 Å². The number of β-lactam (4-membered cyclic amide) rings is 1. The molecule has 0 spiro atoms. The lowest BCUT2D eigenvalue weighted by Crippen LogP contribution is -2.71. The standard InChI is InChI=1S/C29H28Cl2N6O6S2/c30-16-13-45-28-21(35-25(39)20(33)15-9-5-2-6-10-15)26(40)37(28)22(16)27(41)36-18(44-12-17(31)23(36)29(42)43)11-34-24(38)19(32)14-7-3-1-4-8-14/h1-10,18-21,28H,11-13,32-33H2,(H,34,38)(H,35,39)(H,42,43)/t18?,19-,20-,21-,28-/m1/s1. The summed E-state index contributed by atoms with van der Waals surface area (Å²) in [6.07, 6.45) is 0. The number of nitrogens with zero attached hydrogens (tertiary/aromatic N) is 2. The van der Waals surface area contributed by atoms with E-state index in [4.69, 9.17) is 34.7 Å². The van der Waals surface area contributed by atoms with Crippen LogP contribution in [-0.4, -0.2) is 79.3 Å². The summed E-state index contributed by atoms with van der Waals surface area (Å²) in [5.41, 5.74) is 12.6. The number of aliphatic carboxylic acids is 1. The number of carboxylic acids is 1. The molecule has 0 radical (unpaired) electrons. The third kappa shape index (κ3) is 6.57. The molecule has 236 valence electrons. The molecule has 0 bridgehead atoms. The number of fused-ring (bicyclic) bond motifs is 1. The second-order valence-electron chi connectivity index (χ2n) is 10.2. The van der Waals surface area contributed by atoms with Gasteiger partial charge in [0.1, 0.15) is 40.3 Å². The highest BCUT2D eigenvalue weighted by atomic mass is 35.5. The van der Waals surface area contributed by atoms with Gasteiger partial charge in [-0.2, -0.15) is 0 Å². The van der Waals surface area contributed by atoms with Crippen molar-refractivity contribution >= 4 is 76.3 Å². The molecule has 12 nitrogen and oxygen atoms in total. The zero-order valence-corrected chi connectivity index (χ0v) is 26.5. The molecule has 1 fully saturated rings. The Morgan fingerprint density at radius 2 is 1.40 bits per heavy atom. The zero-order valence-electron chi connectivity index (χ0n) is 23.4. The van der Waals surface area contributed by atoms with Crippen molar-refractivity contribution in [3.8, 4) is 0 Å². The molecular weight excluding hydrogens is 663 g/mol. The molecule has 45 heavy (non-hydrogen) atoms. The second-order valence-corrected chi connectivity index (χ2v) is 13.4. The van der Waals surface area contributed by atoms with Crippen molar-refractivity contribution in [1.82, 2.24) is 20.4 Å². The number of halogens is 2. The van der Waals surface area contributed by atoms with E-state index >= 15 is 0 Å². The summed E-state index contributed by atoms with van der Waals surface area (Å²) in [6.45, 7) is -0.177. The lowest BCUT2D eigenvalue weighted by molar-refractivity contribution is -0.149. The first-order valence-electron chi connectivity index (χ1n) is 13.6. The first-order chi connectivity index (χ1) is 21.5. The molecule has 0 aromatic heterocycles. The normalized spacial score (nSPS) is 22.7. The molecule has 7 N–H and O–H groups in total. The Hall–Kier alpha value is -3.53. The van der Waals surface area contributed by atoms with Crippen molar-refractivity contribution in [3.63, 3.8) is 0 Å². The average Bonchev–Trinajstić information content (AvgIpc) is 3.05. The lowest BCUT2D eigenvalue weighted by Gasteiger charge is -2.50. The molecule has 5 atom stereocenters. The maximum absolute atomic E-state index is 14.2. The zero-order chi connectivity index (χ0) is 32.4. The van der Waals surface area contributed by atoms with Gasteiger partial charge in [-0.1, -0.05) is 83.9 Å². The van der Waals surface area contributed by atoms with Crippen LogP contribution in [0.3, 0.4) is 0 Å².